The minimum absolute atomic E-state index is 0.00655. The van der Waals surface area contributed by atoms with Crippen molar-refractivity contribution in [2.24, 2.45) is 11.1 Å². The third-order valence-electron chi connectivity index (χ3n) is 4.69. The van der Waals surface area contributed by atoms with Gasteiger partial charge in [-0.1, -0.05) is 45.0 Å². The molecule has 0 aliphatic heterocycles. The standard InChI is InChI=1S/C21H29N3O3S/c1-5-16-6-8-17(9-7-16)20(14(2)3)23-15(4)21(25)24-18-10-12-19(13-11-18)28(22,26)27/h6-15,20,23H,5H2,1-4H3,(H,24,25)(H2,22,26,27)/t15-,20+/m1/s1. The average Bonchev–Trinajstić information content (AvgIpc) is 2.65. The van der Waals surface area contributed by atoms with Crippen LogP contribution in [0.25, 0.3) is 0 Å². The average molecular weight is 404 g/mol. The Labute approximate surface area is 167 Å². The molecule has 0 fully saturated rings. The van der Waals surface area contributed by atoms with Crippen molar-refractivity contribution in [1.82, 2.24) is 5.32 Å². The second-order valence-electron chi connectivity index (χ2n) is 7.26. The van der Waals surface area contributed by atoms with E-state index < -0.39 is 16.1 Å². The molecule has 0 saturated heterocycles. The van der Waals surface area contributed by atoms with E-state index >= 15 is 0 Å². The number of carbonyl (C=O) groups is 1. The topological polar surface area (TPSA) is 101 Å². The summed E-state index contributed by atoms with van der Waals surface area (Å²) in [5.41, 5.74) is 2.93. The maximum atomic E-state index is 12.6. The zero-order valence-corrected chi connectivity index (χ0v) is 17.6. The number of carbonyl (C=O) groups excluding carboxylic acids is 1. The number of hydrogen-bond donors (Lipinski definition) is 3. The summed E-state index contributed by atoms with van der Waals surface area (Å²) in [4.78, 5) is 12.6. The molecule has 0 saturated carbocycles. The lowest BCUT2D eigenvalue weighted by atomic mass is 9.94. The van der Waals surface area contributed by atoms with Gasteiger partial charge in [0, 0.05) is 11.7 Å². The van der Waals surface area contributed by atoms with Gasteiger partial charge in [0.15, 0.2) is 0 Å². The molecule has 6 nitrogen and oxygen atoms in total. The Bertz CT molecular complexity index is 891. The fraction of sp³-hybridized carbons (Fsp3) is 0.381. The molecule has 4 N–H and O–H groups in total. The van der Waals surface area contributed by atoms with E-state index in [2.05, 4.69) is 55.7 Å². The third-order valence-corrected chi connectivity index (χ3v) is 5.62. The number of primary sulfonamides is 1. The Balaban J connectivity index is 2.06. The second kappa shape index (κ2) is 9.32. The molecule has 28 heavy (non-hydrogen) atoms. The predicted octanol–water partition coefficient (Wildman–Crippen LogP) is 3.21. The van der Waals surface area contributed by atoms with E-state index in [0.717, 1.165) is 12.0 Å². The third kappa shape index (κ3) is 5.89. The molecule has 0 unspecified atom stereocenters. The molecule has 0 spiro atoms. The summed E-state index contributed by atoms with van der Waals surface area (Å²) < 4.78 is 22.6. The Hall–Kier alpha value is -2.22. The summed E-state index contributed by atoms with van der Waals surface area (Å²) in [7, 11) is -3.75. The van der Waals surface area contributed by atoms with Crippen molar-refractivity contribution < 1.29 is 13.2 Å². The summed E-state index contributed by atoms with van der Waals surface area (Å²) in [5, 5.41) is 11.3. The van der Waals surface area contributed by atoms with Crippen LogP contribution in [0.4, 0.5) is 5.69 Å². The van der Waals surface area contributed by atoms with Crippen molar-refractivity contribution in [2.75, 3.05) is 5.32 Å². The zero-order chi connectivity index (χ0) is 20.9. The lowest BCUT2D eigenvalue weighted by Gasteiger charge is -2.26. The molecule has 0 bridgehead atoms. The summed E-state index contributed by atoms with van der Waals surface area (Å²) in [5.74, 6) is 0.107. The highest BCUT2D eigenvalue weighted by Crippen LogP contribution is 2.23. The van der Waals surface area contributed by atoms with Crippen molar-refractivity contribution in [1.29, 1.82) is 0 Å². The van der Waals surface area contributed by atoms with Gasteiger partial charge in [0.1, 0.15) is 0 Å². The molecule has 0 aliphatic rings. The van der Waals surface area contributed by atoms with Crippen molar-refractivity contribution in [3.63, 3.8) is 0 Å². The van der Waals surface area contributed by atoms with Crippen molar-refractivity contribution in [2.45, 2.75) is 51.1 Å². The van der Waals surface area contributed by atoms with Crippen molar-refractivity contribution >= 4 is 21.6 Å². The van der Waals surface area contributed by atoms with Gasteiger partial charge in [0.05, 0.1) is 10.9 Å². The molecule has 152 valence electrons. The van der Waals surface area contributed by atoms with Crippen LogP contribution in [0.2, 0.25) is 0 Å². The molecule has 2 atom stereocenters. The van der Waals surface area contributed by atoms with E-state index in [1.54, 1.807) is 0 Å². The monoisotopic (exact) mass is 403 g/mol. The maximum absolute atomic E-state index is 12.6. The SMILES string of the molecule is CCc1ccc([C@@H](N[C@H](C)C(=O)Nc2ccc(S(N)(=O)=O)cc2)C(C)C)cc1. The smallest absolute Gasteiger partial charge is 0.241 e. The Morgan fingerprint density at radius 2 is 1.57 bits per heavy atom. The number of hydrogen-bond acceptors (Lipinski definition) is 4. The number of anilines is 1. The number of sulfonamides is 1. The minimum atomic E-state index is -3.75. The Kier molecular flexibility index (Phi) is 7.35. The predicted molar refractivity (Wildman–Crippen MR) is 112 cm³/mol. The van der Waals surface area contributed by atoms with Crippen molar-refractivity contribution in [3.8, 4) is 0 Å². The number of aryl methyl sites for hydroxylation is 1. The van der Waals surface area contributed by atoms with Crippen LogP contribution in [0.15, 0.2) is 53.4 Å². The van der Waals surface area contributed by atoms with Gasteiger partial charge in [-0.05, 0) is 54.7 Å². The highest BCUT2D eigenvalue weighted by atomic mass is 32.2. The molecule has 7 heteroatoms. The highest BCUT2D eigenvalue weighted by molar-refractivity contribution is 7.89. The number of rotatable bonds is 8. The Morgan fingerprint density at radius 3 is 2.04 bits per heavy atom. The van der Waals surface area contributed by atoms with Crippen LogP contribution in [0.5, 0.6) is 0 Å². The summed E-state index contributed by atoms with van der Waals surface area (Å²) in [6.45, 7) is 8.16. The first-order valence-electron chi connectivity index (χ1n) is 9.40. The summed E-state index contributed by atoms with van der Waals surface area (Å²) >= 11 is 0. The van der Waals surface area contributed by atoms with E-state index in [1.807, 2.05) is 6.92 Å². The van der Waals surface area contributed by atoms with E-state index in [9.17, 15) is 13.2 Å². The van der Waals surface area contributed by atoms with Crippen LogP contribution in [0.1, 0.15) is 44.9 Å². The fourth-order valence-corrected chi connectivity index (χ4v) is 3.47. The van der Waals surface area contributed by atoms with Gasteiger partial charge in [0.2, 0.25) is 15.9 Å². The molecule has 0 heterocycles. The van der Waals surface area contributed by atoms with Crippen LogP contribution < -0.4 is 15.8 Å². The molecular weight excluding hydrogens is 374 g/mol. The molecule has 2 rings (SSSR count). The molecule has 0 aliphatic carbocycles. The van der Waals surface area contributed by atoms with Gasteiger partial charge in [-0.25, -0.2) is 13.6 Å². The second-order valence-corrected chi connectivity index (χ2v) is 8.83. The number of nitrogens with one attached hydrogen (secondary N) is 2. The van der Waals surface area contributed by atoms with Gasteiger partial charge >= 0.3 is 0 Å². The highest BCUT2D eigenvalue weighted by Gasteiger charge is 2.22. The number of nitrogens with two attached hydrogens (primary N) is 1. The van der Waals surface area contributed by atoms with Crippen LogP contribution in [0.3, 0.4) is 0 Å². The fourth-order valence-electron chi connectivity index (χ4n) is 2.96. The largest absolute Gasteiger partial charge is 0.325 e. The number of amides is 1. The molecule has 0 aromatic heterocycles. The lowest BCUT2D eigenvalue weighted by Crippen LogP contribution is -2.41. The van der Waals surface area contributed by atoms with Gasteiger partial charge in [-0.3, -0.25) is 10.1 Å². The van der Waals surface area contributed by atoms with Crippen LogP contribution in [-0.4, -0.2) is 20.4 Å². The quantitative estimate of drug-likeness (QED) is 0.630. The summed E-state index contributed by atoms with van der Waals surface area (Å²) in [6, 6.07) is 13.8. The van der Waals surface area contributed by atoms with Gasteiger partial charge in [-0.2, -0.15) is 0 Å². The lowest BCUT2D eigenvalue weighted by molar-refractivity contribution is -0.118. The van der Waals surface area contributed by atoms with Crippen LogP contribution in [0, 0.1) is 5.92 Å². The zero-order valence-electron chi connectivity index (χ0n) is 16.8. The molecule has 1 amide bonds. The van der Waals surface area contributed by atoms with Crippen LogP contribution in [-0.2, 0) is 21.2 Å². The molecule has 2 aromatic carbocycles. The summed E-state index contributed by atoms with van der Waals surface area (Å²) in [6.07, 6.45) is 0.989. The normalized spacial score (nSPS) is 13.9. The van der Waals surface area contributed by atoms with Crippen molar-refractivity contribution in [3.05, 3.63) is 59.7 Å². The van der Waals surface area contributed by atoms with E-state index in [-0.39, 0.29) is 16.8 Å². The minimum Gasteiger partial charge on any atom is -0.325 e. The van der Waals surface area contributed by atoms with E-state index in [4.69, 9.17) is 5.14 Å². The molecule has 2 aromatic rings. The first-order valence-corrected chi connectivity index (χ1v) is 10.9. The first kappa shape index (κ1) is 22.1. The van der Waals surface area contributed by atoms with Gasteiger partial charge < -0.3 is 5.32 Å². The maximum Gasteiger partial charge on any atom is 0.241 e. The van der Waals surface area contributed by atoms with Crippen LogP contribution >= 0.6 is 0 Å². The van der Waals surface area contributed by atoms with E-state index in [1.165, 1.54) is 29.8 Å². The van der Waals surface area contributed by atoms with Gasteiger partial charge in [0.25, 0.3) is 0 Å². The number of benzene rings is 2. The molecular formula is C21H29N3O3S. The molecule has 0 radical (unpaired) electrons. The van der Waals surface area contributed by atoms with E-state index in [0.29, 0.717) is 11.6 Å². The Morgan fingerprint density at radius 1 is 1.00 bits per heavy atom. The van der Waals surface area contributed by atoms with Gasteiger partial charge in [-0.15, -0.1) is 0 Å². The first-order chi connectivity index (χ1) is 13.1.